The lowest BCUT2D eigenvalue weighted by molar-refractivity contribution is 0.0240. The lowest BCUT2D eigenvalue weighted by atomic mass is 9.72. The highest BCUT2D eigenvalue weighted by Gasteiger charge is 2.43. The van der Waals surface area contributed by atoms with Crippen LogP contribution in [0.3, 0.4) is 0 Å². The molecule has 12 nitrogen and oxygen atoms in total. The molecule has 2 aliphatic carbocycles. The number of ether oxygens (including phenoxy) is 1. The number of hydrogen-bond donors (Lipinski definition) is 1. The molecule has 1 amide bonds. The number of aryl methyl sites for hydroxylation is 1. The Hall–Kier alpha value is -3.71. The van der Waals surface area contributed by atoms with Crippen molar-refractivity contribution in [1.29, 1.82) is 0 Å². The molecule has 5 heterocycles. The van der Waals surface area contributed by atoms with Crippen LogP contribution in [0.2, 0.25) is 0 Å². The molecule has 0 radical (unpaired) electrons. The van der Waals surface area contributed by atoms with Crippen molar-refractivity contribution in [2.75, 3.05) is 74.4 Å². The topological polar surface area (TPSA) is 129 Å². The van der Waals surface area contributed by atoms with Gasteiger partial charge in [0.15, 0.2) is 0 Å². The molecule has 4 aliphatic rings. The summed E-state index contributed by atoms with van der Waals surface area (Å²) < 4.78 is 11.7. The number of carbonyl (C=O) groups excluding carboxylic acids is 1. The first kappa shape index (κ1) is 32.8. The molecule has 0 bridgehead atoms. The van der Waals surface area contributed by atoms with Crippen molar-refractivity contribution < 1.29 is 14.1 Å². The highest BCUT2D eigenvalue weighted by molar-refractivity contribution is 7.16. The van der Waals surface area contributed by atoms with E-state index in [0.29, 0.717) is 50.1 Å². The highest BCUT2D eigenvalue weighted by atomic mass is 32.1. The molecular formula is C35H49N9O3S. The third-order valence-electron chi connectivity index (χ3n) is 10.1. The molecule has 258 valence electrons. The number of aliphatic imine (C=N–C) groups is 1. The van der Waals surface area contributed by atoms with Gasteiger partial charge in [-0.15, -0.1) is 11.3 Å². The Labute approximate surface area is 287 Å². The molecule has 2 saturated heterocycles. The number of pyridine rings is 1. The second-order valence-corrected chi connectivity index (χ2v) is 16.1. The van der Waals surface area contributed by atoms with Gasteiger partial charge in [-0.05, 0) is 84.1 Å². The third-order valence-corrected chi connectivity index (χ3v) is 11.3. The fourth-order valence-corrected chi connectivity index (χ4v) is 8.63. The predicted molar refractivity (Wildman–Crippen MR) is 190 cm³/mol. The highest BCUT2D eigenvalue weighted by Crippen LogP contribution is 2.49. The Balaban J connectivity index is 1.17. The summed E-state index contributed by atoms with van der Waals surface area (Å²) in [6.45, 7) is 19.8. The van der Waals surface area contributed by atoms with Crippen LogP contribution in [-0.4, -0.2) is 102 Å². The average Bonchev–Trinajstić information content (AvgIpc) is 3.61. The molecule has 2 N–H and O–H groups in total. The van der Waals surface area contributed by atoms with Gasteiger partial charge in [-0.25, -0.2) is 9.78 Å². The smallest absolute Gasteiger partial charge is 0.410 e. The van der Waals surface area contributed by atoms with Crippen LogP contribution in [0.5, 0.6) is 0 Å². The van der Waals surface area contributed by atoms with E-state index in [9.17, 15) is 4.79 Å². The molecular weight excluding hydrogens is 627 g/mol. The van der Waals surface area contributed by atoms with Gasteiger partial charge in [0, 0.05) is 81.1 Å². The van der Waals surface area contributed by atoms with Crippen molar-refractivity contribution >= 4 is 40.7 Å². The Kier molecular flexibility index (Phi) is 8.86. The van der Waals surface area contributed by atoms with Crippen LogP contribution in [-0.2, 0) is 23.1 Å². The number of nitrogens with zero attached hydrogens (tertiary/aromatic N) is 8. The van der Waals surface area contributed by atoms with Crippen molar-refractivity contribution in [3.63, 3.8) is 0 Å². The molecule has 48 heavy (non-hydrogen) atoms. The number of anilines is 3. The summed E-state index contributed by atoms with van der Waals surface area (Å²) in [6.07, 6.45) is 5.36. The number of aromatic nitrogens is 3. The molecule has 1 saturated carbocycles. The Morgan fingerprint density at radius 1 is 1.10 bits per heavy atom. The summed E-state index contributed by atoms with van der Waals surface area (Å²) in [7, 11) is 0. The summed E-state index contributed by atoms with van der Waals surface area (Å²) in [5.74, 6) is 2.86. The number of hydrogen-bond acceptors (Lipinski definition) is 12. The largest absolute Gasteiger partial charge is 0.444 e. The van der Waals surface area contributed by atoms with Gasteiger partial charge in [-0.3, -0.25) is 9.89 Å². The molecule has 1 atom stereocenters. The van der Waals surface area contributed by atoms with Crippen LogP contribution in [0.25, 0.3) is 11.5 Å². The van der Waals surface area contributed by atoms with E-state index < -0.39 is 11.0 Å². The van der Waals surface area contributed by atoms with Crippen molar-refractivity contribution in [2.24, 2.45) is 10.9 Å². The predicted octanol–water partition coefficient (Wildman–Crippen LogP) is 5.21. The van der Waals surface area contributed by atoms with Crippen LogP contribution in [0.4, 0.5) is 21.3 Å². The van der Waals surface area contributed by atoms with E-state index in [2.05, 4.69) is 50.6 Å². The molecule has 3 aromatic heterocycles. The Morgan fingerprint density at radius 3 is 2.52 bits per heavy atom. The van der Waals surface area contributed by atoms with Crippen LogP contribution < -0.4 is 15.5 Å². The van der Waals surface area contributed by atoms with Gasteiger partial charge in [0.05, 0.1) is 17.0 Å². The van der Waals surface area contributed by atoms with Crippen LogP contribution in [0.1, 0.15) is 75.3 Å². The molecule has 7 rings (SSSR count). The van der Waals surface area contributed by atoms with E-state index >= 15 is 0 Å². The maximum absolute atomic E-state index is 12.8. The van der Waals surface area contributed by atoms with Crippen molar-refractivity contribution in [1.82, 2.24) is 24.9 Å². The van der Waals surface area contributed by atoms with Crippen molar-refractivity contribution in [3.8, 4) is 11.5 Å². The number of piperazine rings is 2. The van der Waals surface area contributed by atoms with Gasteiger partial charge in [-0.2, -0.15) is 4.98 Å². The normalized spacial score (nSPS) is 22.1. The summed E-state index contributed by atoms with van der Waals surface area (Å²) in [5.41, 5.74) is 9.42. The monoisotopic (exact) mass is 675 g/mol. The van der Waals surface area contributed by atoms with Crippen molar-refractivity contribution in [3.05, 3.63) is 34.0 Å². The van der Waals surface area contributed by atoms with E-state index in [1.54, 1.807) is 16.2 Å². The van der Waals surface area contributed by atoms with Gasteiger partial charge >= 0.3 is 6.09 Å². The summed E-state index contributed by atoms with van der Waals surface area (Å²) in [5, 5.41) is 5.32. The minimum Gasteiger partial charge on any atom is -0.444 e. The lowest BCUT2D eigenvalue weighted by Crippen LogP contribution is -2.50. The molecule has 3 fully saturated rings. The lowest BCUT2D eigenvalue weighted by Gasteiger charge is -2.38. The molecule has 0 spiro atoms. The Bertz CT molecular complexity index is 1640. The SMILES string of the molecule is C=NCc1c(N)sc2c1C(C)(c1nc(-c3cc(N4CCN(C(=O)OC(C)(C)C)CC4)cc(N4CCN(CC5CC5)CC4)n3)no1)CCC2. The number of nitrogens with two attached hydrogens (primary N) is 1. The van der Waals surface area contributed by atoms with Gasteiger partial charge in [-0.1, -0.05) is 5.16 Å². The molecule has 13 heteroatoms. The van der Waals surface area contributed by atoms with Crippen LogP contribution in [0.15, 0.2) is 21.6 Å². The molecule has 2 aliphatic heterocycles. The average molecular weight is 676 g/mol. The van der Waals surface area contributed by atoms with Gasteiger partial charge in [0.1, 0.15) is 17.1 Å². The maximum Gasteiger partial charge on any atom is 0.410 e. The molecule has 1 unspecified atom stereocenters. The Morgan fingerprint density at radius 2 is 1.83 bits per heavy atom. The van der Waals surface area contributed by atoms with E-state index in [-0.39, 0.29) is 6.09 Å². The number of fused-ring (bicyclic) bond motifs is 1. The van der Waals surface area contributed by atoms with E-state index in [4.69, 9.17) is 25.0 Å². The standard InChI is InChI=1S/C35H49N9O3S/c1-34(2,3)46-33(45)44-17-15-42(16-18-44)24-19-26(38-28(20-24)43-13-11-41(12-14-43)22-23-8-9-23)31-39-32(47-40-31)35(4)10-6-7-27-29(35)25(21-37-5)30(36)48-27/h19-20,23H,5-18,21-22,36H2,1-4H3. The van der Waals surface area contributed by atoms with Crippen molar-refractivity contribution in [2.45, 2.75) is 77.4 Å². The van der Waals surface area contributed by atoms with Gasteiger partial charge in [0.2, 0.25) is 11.7 Å². The van der Waals surface area contributed by atoms with E-state index in [1.807, 2.05) is 20.8 Å². The zero-order chi connectivity index (χ0) is 33.6. The third kappa shape index (κ3) is 6.76. The van der Waals surface area contributed by atoms with Gasteiger partial charge in [0.25, 0.3) is 0 Å². The second kappa shape index (κ2) is 13.0. The van der Waals surface area contributed by atoms with Crippen LogP contribution >= 0.6 is 11.3 Å². The first-order valence-electron chi connectivity index (χ1n) is 17.4. The quantitative estimate of drug-likeness (QED) is 0.318. The number of thiophene rings is 1. The summed E-state index contributed by atoms with van der Waals surface area (Å²) >= 11 is 1.64. The number of amides is 1. The molecule has 3 aromatic rings. The summed E-state index contributed by atoms with van der Waals surface area (Å²) in [4.78, 5) is 37.5. The van der Waals surface area contributed by atoms with E-state index in [1.165, 1.54) is 29.8 Å². The minimum absolute atomic E-state index is 0.263. The zero-order valence-electron chi connectivity index (χ0n) is 28.8. The fourth-order valence-electron chi connectivity index (χ4n) is 7.38. The number of rotatable bonds is 8. The number of carbonyl (C=O) groups is 1. The second-order valence-electron chi connectivity index (χ2n) is 15.0. The maximum atomic E-state index is 12.8. The molecule has 0 aromatic carbocycles. The fraction of sp³-hybridized carbons (Fsp3) is 0.629. The zero-order valence-corrected chi connectivity index (χ0v) is 29.7. The summed E-state index contributed by atoms with van der Waals surface area (Å²) in [6, 6.07) is 4.25. The minimum atomic E-state index is -0.522. The first-order valence-corrected chi connectivity index (χ1v) is 18.2. The van der Waals surface area contributed by atoms with Crippen LogP contribution in [0, 0.1) is 5.92 Å². The first-order chi connectivity index (χ1) is 23.0. The van der Waals surface area contributed by atoms with Gasteiger partial charge < -0.3 is 29.7 Å². The number of nitrogen functional groups attached to an aromatic ring is 1. The van der Waals surface area contributed by atoms with E-state index in [0.717, 1.165) is 73.4 Å².